The Balaban J connectivity index is 2.41. The molecule has 1 fully saturated rings. The van der Waals surface area contributed by atoms with E-state index in [4.69, 9.17) is 5.73 Å². The zero-order valence-electron chi connectivity index (χ0n) is 12.5. The van der Waals surface area contributed by atoms with Gasteiger partial charge in [-0.1, -0.05) is 34.1 Å². The molecule has 1 aliphatic rings. The Labute approximate surface area is 112 Å². The van der Waals surface area contributed by atoms with E-state index in [0.29, 0.717) is 12.0 Å². The van der Waals surface area contributed by atoms with Gasteiger partial charge in [0.05, 0.1) is 0 Å². The smallest absolute Gasteiger partial charge is 0.223 e. The van der Waals surface area contributed by atoms with Gasteiger partial charge in [-0.25, -0.2) is 0 Å². The summed E-state index contributed by atoms with van der Waals surface area (Å²) < 4.78 is 0. The number of nitrogens with one attached hydrogen (secondary N) is 1. The van der Waals surface area contributed by atoms with Crippen LogP contribution in [0.3, 0.4) is 0 Å². The highest BCUT2D eigenvalue weighted by Gasteiger charge is 2.29. The first-order valence-corrected chi connectivity index (χ1v) is 7.39. The highest BCUT2D eigenvalue weighted by Crippen LogP contribution is 2.29. The van der Waals surface area contributed by atoms with E-state index in [1.165, 1.54) is 6.42 Å². The molecule has 3 N–H and O–H groups in total. The first-order valence-electron chi connectivity index (χ1n) is 7.39. The largest absolute Gasteiger partial charge is 0.355 e. The maximum atomic E-state index is 12.2. The van der Waals surface area contributed by atoms with Gasteiger partial charge in [0.25, 0.3) is 0 Å². The van der Waals surface area contributed by atoms with E-state index in [1.807, 2.05) is 0 Å². The van der Waals surface area contributed by atoms with Gasteiger partial charge in [-0.2, -0.15) is 0 Å². The normalized spacial score (nSPS) is 26.7. The second-order valence-corrected chi connectivity index (χ2v) is 6.71. The van der Waals surface area contributed by atoms with Crippen molar-refractivity contribution in [2.75, 3.05) is 6.54 Å². The molecule has 0 bridgehead atoms. The molecule has 1 aliphatic carbocycles. The molecule has 0 aromatic rings. The summed E-state index contributed by atoms with van der Waals surface area (Å²) in [4.78, 5) is 12.2. The van der Waals surface area contributed by atoms with Crippen LogP contribution in [0.4, 0.5) is 0 Å². The fourth-order valence-corrected chi connectivity index (χ4v) is 2.55. The first kappa shape index (κ1) is 15.5. The molecule has 0 aliphatic heterocycles. The molecule has 106 valence electrons. The monoisotopic (exact) mass is 254 g/mol. The van der Waals surface area contributed by atoms with Gasteiger partial charge in [-0.05, 0) is 37.0 Å². The highest BCUT2D eigenvalue weighted by atomic mass is 16.1. The van der Waals surface area contributed by atoms with E-state index < -0.39 is 0 Å². The summed E-state index contributed by atoms with van der Waals surface area (Å²) in [5, 5.41) is 3.11. The second-order valence-electron chi connectivity index (χ2n) is 6.71. The Kier molecular flexibility index (Phi) is 5.64. The predicted octanol–water partition coefficient (Wildman–Crippen LogP) is 2.69. The second kappa shape index (κ2) is 6.55. The van der Waals surface area contributed by atoms with Gasteiger partial charge >= 0.3 is 0 Å². The third-order valence-electron chi connectivity index (χ3n) is 4.57. The number of hydrogen-bond acceptors (Lipinski definition) is 2. The van der Waals surface area contributed by atoms with Crippen molar-refractivity contribution in [3.8, 4) is 0 Å². The van der Waals surface area contributed by atoms with Crippen molar-refractivity contribution < 1.29 is 4.79 Å². The van der Waals surface area contributed by atoms with E-state index in [-0.39, 0.29) is 17.2 Å². The molecule has 3 atom stereocenters. The quantitative estimate of drug-likeness (QED) is 0.792. The van der Waals surface area contributed by atoms with Crippen LogP contribution >= 0.6 is 0 Å². The molecule has 0 saturated heterocycles. The molecule has 1 rings (SSSR count). The Hall–Kier alpha value is -0.570. The lowest BCUT2D eigenvalue weighted by Gasteiger charge is -2.31. The average Bonchev–Trinajstić information content (AvgIpc) is 2.35. The maximum absolute atomic E-state index is 12.2. The minimum absolute atomic E-state index is 0.101. The lowest BCUT2D eigenvalue weighted by Crippen LogP contribution is -2.41. The SMILES string of the molecule is CCC(C)(C)CNC(=O)C(C)C1CCCC(N)C1. The van der Waals surface area contributed by atoms with Crippen molar-refractivity contribution >= 4 is 5.91 Å². The van der Waals surface area contributed by atoms with Gasteiger partial charge in [0.15, 0.2) is 0 Å². The highest BCUT2D eigenvalue weighted by molar-refractivity contribution is 5.78. The number of carbonyl (C=O) groups is 1. The topological polar surface area (TPSA) is 55.1 Å². The zero-order valence-corrected chi connectivity index (χ0v) is 12.5. The first-order chi connectivity index (χ1) is 8.35. The minimum Gasteiger partial charge on any atom is -0.355 e. The minimum atomic E-state index is 0.101. The number of rotatable bonds is 5. The third kappa shape index (κ3) is 4.60. The summed E-state index contributed by atoms with van der Waals surface area (Å²) >= 11 is 0. The van der Waals surface area contributed by atoms with E-state index in [9.17, 15) is 4.79 Å². The molecule has 3 heteroatoms. The molecule has 0 aromatic heterocycles. The van der Waals surface area contributed by atoms with Gasteiger partial charge in [-0.15, -0.1) is 0 Å². The van der Waals surface area contributed by atoms with Crippen molar-refractivity contribution in [3.05, 3.63) is 0 Å². The Bertz CT molecular complexity index is 276. The van der Waals surface area contributed by atoms with Gasteiger partial charge in [0.2, 0.25) is 5.91 Å². The molecule has 0 spiro atoms. The standard InChI is InChI=1S/C15H30N2O/c1-5-15(3,4)10-17-14(18)11(2)12-7-6-8-13(16)9-12/h11-13H,5-10,16H2,1-4H3,(H,17,18). The lowest BCUT2D eigenvalue weighted by atomic mass is 9.78. The summed E-state index contributed by atoms with van der Waals surface area (Å²) in [7, 11) is 0. The van der Waals surface area contributed by atoms with Crippen LogP contribution in [0.2, 0.25) is 0 Å². The summed E-state index contributed by atoms with van der Waals surface area (Å²) in [5.74, 6) is 0.776. The van der Waals surface area contributed by atoms with Crippen molar-refractivity contribution in [2.45, 2.75) is 65.8 Å². The van der Waals surface area contributed by atoms with Crippen LogP contribution in [0.15, 0.2) is 0 Å². The summed E-state index contributed by atoms with van der Waals surface area (Å²) in [6.45, 7) is 9.36. The van der Waals surface area contributed by atoms with Crippen LogP contribution in [0.5, 0.6) is 0 Å². The van der Waals surface area contributed by atoms with Gasteiger partial charge < -0.3 is 11.1 Å². The molecule has 1 saturated carbocycles. The molecule has 3 unspecified atom stereocenters. The zero-order chi connectivity index (χ0) is 13.8. The number of carbonyl (C=O) groups excluding carboxylic acids is 1. The molecule has 0 heterocycles. The molecule has 3 nitrogen and oxygen atoms in total. The molecule has 0 aromatic carbocycles. The van der Waals surface area contributed by atoms with Crippen molar-refractivity contribution in [1.29, 1.82) is 0 Å². The van der Waals surface area contributed by atoms with Crippen LogP contribution in [0.25, 0.3) is 0 Å². The van der Waals surface area contributed by atoms with E-state index in [2.05, 4.69) is 33.0 Å². The van der Waals surface area contributed by atoms with Crippen LogP contribution < -0.4 is 11.1 Å². The van der Waals surface area contributed by atoms with Crippen LogP contribution in [0, 0.1) is 17.3 Å². The fraction of sp³-hybridized carbons (Fsp3) is 0.933. The number of nitrogens with two attached hydrogens (primary N) is 1. The summed E-state index contributed by atoms with van der Waals surface area (Å²) in [6.07, 6.45) is 5.53. The van der Waals surface area contributed by atoms with Crippen molar-refractivity contribution in [1.82, 2.24) is 5.32 Å². The summed E-state index contributed by atoms with van der Waals surface area (Å²) in [6, 6.07) is 0.297. The molecule has 1 amide bonds. The lowest BCUT2D eigenvalue weighted by molar-refractivity contribution is -0.127. The number of amides is 1. The maximum Gasteiger partial charge on any atom is 0.223 e. The average molecular weight is 254 g/mol. The Morgan fingerprint density at radius 2 is 2.11 bits per heavy atom. The Morgan fingerprint density at radius 1 is 1.44 bits per heavy atom. The molecular weight excluding hydrogens is 224 g/mol. The van der Waals surface area contributed by atoms with Gasteiger partial charge in [0, 0.05) is 18.5 Å². The van der Waals surface area contributed by atoms with E-state index in [0.717, 1.165) is 32.2 Å². The van der Waals surface area contributed by atoms with E-state index in [1.54, 1.807) is 0 Å². The van der Waals surface area contributed by atoms with Crippen molar-refractivity contribution in [3.63, 3.8) is 0 Å². The third-order valence-corrected chi connectivity index (χ3v) is 4.57. The van der Waals surface area contributed by atoms with E-state index >= 15 is 0 Å². The molecule has 0 radical (unpaired) electrons. The predicted molar refractivity (Wildman–Crippen MR) is 76.2 cm³/mol. The Morgan fingerprint density at radius 3 is 2.67 bits per heavy atom. The van der Waals surface area contributed by atoms with Gasteiger partial charge in [-0.3, -0.25) is 4.79 Å². The summed E-state index contributed by atoms with van der Waals surface area (Å²) in [5.41, 5.74) is 6.19. The molecular formula is C15H30N2O. The van der Waals surface area contributed by atoms with Crippen molar-refractivity contribution in [2.24, 2.45) is 23.0 Å². The molecule has 18 heavy (non-hydrogen) atoms. The van der Waals surface area contributed by atoms with Crippen LogP contribution in [-0.2, 0) is 4.79 Å². The number of hydrogen-bond donors (Lipinski definition) is 2. The fourth-order valence-electron chi connectivity index (χ4n) is 2.55. The van der Waals surface area contributed by atoms with Crippen LogP contribution in [0.1, 0.15) is 59.8 Å². The van der Waals surface area contributed by atoms with Crippen LogP contribution in [-0.4, -0.2) is 18.5 Å². The van der Waals surface area contributed by atoms with Gasteiger partial charge in [0.1, 0.15) is 0 Å².